The molecule has 9 unspecified atom stereocenters. The van der Waals surface area contributed by atoms with Crippen molar-refractivity contribution in [3.8, 4) is 6.07 Å². The quantitative estimate of drug-likeness (QED) is 0.185. The standard InChI is InChI=1S/C32H46N2O8/c1-19-28(36)25(39-3)15-27(41-19)42-21-4-9-30(18-34-13-12-33)23-5-8-29(2)22(20-14-26(35)40-17-20)7-11-32(29,38)24(23)6-10-31(30,37)16-21/h14,18-19,21-25,27-28,36-38H,4-11,13,15-17H2,1-3H3/t19?,21?,22-,23-,24?,25?,27?,28?,29?,30-,31?,32?/m0/s1. The molecule has 4 aliphatic carbocycles. The zero-order valence-corrected chi connectivity index (χ0v) is 25.0. The summed E-state index contributed by atoms with van der Waals surface area (Å²) in [6.07, 6.45) is 7.57. The van der Waals surface area contributed by atoms with Crippen LogP contribution < -0.4 is 0 Å². The van der Waals surface area contributed by atoms with Crippen molar-refractivity contribution in [1.82, 2.24) is 0 Å². The molecule has 2 heterocycles. The first-order valence-corrected chi connectivity index (χ1v) is 15.7. The molecule has 232 valence electrons. The van der Waals surface area contributed by atoms with E-state index in [4.69, 9.17) is 18.9 Å². The number of esters is 1. The summed E-state index contributed by atoms with van der Waals surface area (Å²) in [5.41, 5.74) is -2.10. The second kappa shape index (κ2) is 10.9. The van der Waals surface area contributed by atoms with Gasteiger partial charge in [-0.1, -0.05) is 6.92 Å². The molecule has 3 N–H and O–H groups in total. The Kier molecular flexibility index (Phi) is 7.85. The lowest BCUT2D eigenvalue weighted by Crippen LogP contribution is -2.69. The maximum atomic E-state index is 12.6. The molecule has 10 nitrogen and oxygen atoms in total. The number of aliphatic hydroxyl groups is 3. The van der Waals surface area contributed by atoms with Crippen LogP contribution in [0.25, 0.3) is 0 Å². The molecule has 0 aromatic rings. The second-order valence-corrected chi connectivity index (χ2v) is 14.0. The Morgan fingerprint density at radius 1 is 1.17 bits per heavy atom. The normalized spacial score (nSPS) is 50.4. The molecule has 1 saturated heterocycles. The molecule has 10 heteroatoms. The Balaban J connectivity index is 1.26. The first kappa shape index (κ1) is 30.2. The van der Waals surface area contributed by atoms with Gasteiger partial charge in [0.25, 0.3) is 0 Å². The number of nitrogens with zero attached hydrogens (tertiary/aromatic N) is 2. The van der Waals surface area contributed by atoms with Gasteiger partial charge in [-0.15, -0.1) is 0 Å². The minimum atomic E-state index is -1.10. The Morgan fingerprint density at radius 2 is 1.95 bits per heavy atom. The molecule has 0 aromatic carbocycles. The van der Waals surface area contributed by atoms with Crippen molar-refractivity contribution >= 4 is 12.2 Å². The predicted octanol–water partition coefficient (Wildman–Crippen LogP) is 2.83. The molecule has 0 bridgehead atoms. The predicted molar refractivity (Wildman–Crippen MR) is 151 cm³/mol. The zero-order valence-electron chi connectivity index (χ0n) is 25.0. The van der Waals surface area contributed by atoms with Gasteiger partial charge in [-0.05, 0) is 81.6 Å². The van der Waals surface area contributed by atoms with Crippen LogP contribution in [0.15, 0.2) is 16.6 Å². The fraction of sp³-hybridized carbons (Fsp3) is 0.844. The minimum absolute atomic E-state index is 0.00544. The summed E-state index contributed by atoms with van der Waals surface area (Å²) in [6.45, 7) is 4.32. The third-order valence-corrected chi connectivity index (χ3v) is 12.4. The topological polar surface area (TPSA) is 151 Å². The molecular formula is C32H46N2O8. The molecule has 5 fully saturated rings. The van der Waals surface area contributed by atoms with Gasteiger partial charge in [0.1, 0.15) is 19.3 Å². The highest BCUT2D eigenvalue weighted by Gasteiger charge is 2.71. The van der Waals surface area contributed by atoms with Crippen molar-refractivity contribution in [2.45, 2.75) is 120 Å². The maximum Gasteiger partial charge on any atom is 0.331 e. The first-order valence-electron chi connectivity index (χ1n) is 15.7. The summed E-state index contributed by atoms with van der Waals surface area (Å²) in [7, 11) is 1.58. The van der Waals surface area contributed by atoms with Crippen molar-refractivity contribution < 1.29 is 39.1 Å². The highest BCUT2D eigenvalue weighted by atomic mass is 16.7. The van der Waals surface area contributed by atoms with Gasteiger partial charge in [0.05, 0.1) is 35.6 Å². The van der Waals surface area contributed by atoms with E-state index in [0.29, 0.717) is 51.6 Å². The molecule has 4 saturated carbocycles. The number of ether oxygens (including phenoxy) is 4. The van der Waals surface area contributed by atoms with Crippen LogP contribution in [0, 0.1) is 39.9 Å². The summed E-state index contributed by atoms with van der Waals surface area (Å²) >= 11 is 0. The maximum absolute atomic E-state index is 12.6. The molecule has 6 rings (SSSR count). The summed E-state index contributed by atoms with van der Waals surface area (Å²) in [5, 5.41) is 44.7. The third-order valence-electron chi connectivity index (χ3n) is 12.4. The van der Waals surface area contributed by atoms with E-state index in [2.05, 4.69) is 18.0 Å². The van der Waals surface area contributed by atoms with Gasteiger partial charge in [-0.3, -0.25) is 4.99 Å². The zero-order chi connectivity index (χ0) is 29.9. The van der Waals surface area contributed by atoms with E-state index < -0.39 is 35.1 Å². The van der Waals surface area contributed by atoms with E-state index in [1.165, 1.54) is 0 Å². The fourth-order valence-electron chi connectivity index (χ4n) is 10.3. The van der Waals surface area contributed by atoms with Crippen LogP contribution in [0.3, 0.4) is 0 Å². The van der Waals surface area contributed by atoms with Crippen LogP contribution in [0.1, 0.15) is 78.1 Å². The lowest BCUT2D eigenvalue weighted by molar-refractivity contribution is -0.284. The highest BCUT2D eigenvalue weighted by Crippen LogP contribution is 2.70. The van der Waals surface area contributed by atoms with E-state index in [1.807, 2.05) is 13.1 Å². The number of hydrogen-bond donors (Lipinski definition) is 3. The van der Waals surface area contributed by atoms with E-state index >= 15 is 0 Å². The van der Waals surface area contributed by atoms with Gasteiger partial charge < -0.3 is 34.3 Å². The third kappa shape index (κ3) is 4.50. The monoisotopic (exact) mass is 586 g/mol. The number of hydrogen-bond acceptors (Lipinski definition) is 10. The number of nitriles is 1. The molecular weight excluding hydrogens is 540 g/mol. The van der Waals surface area contributed by atoms with Crippen molar-refractivity contribution in [3.05, 3.63) is 11.6 Å². The van der Waals surface area contributed by atoms with E-state index in [1.54, 1.807) is 13.2 Å². The average molecular weight is 587 g/mol. The number of aliphatic hydroxyl groups excluding tert-OH is 1. The van der Waals surface area contributed by atoms with Crippen molar-refractivity contribution in [2.24, 2.45) is 33.6 Å². The SMILES string of the molecule is COC1CC(OC2CC[C@]3(C=NCC#N)[C@H]4CCC5(C)[C@H](C6=CC(=O)OC6)CCC5(O)C4CCC3(O)C2)OC(C)C1O. The van der Waals surface area contributed by atoms with Gasteiger partial charge in [-0.25, -0.2) is 4.79 Å². The highest BCUT2D eigenvalue weighted by molar-refractivity contribution is 5.85. The van der Waals surface area contributed by atoms with Gasteiger partial charge in [0.2, 0.25) is 0 Å². The Morgan fingerprint density at radius 3 is 2.67 bits per heavy atom. The van der Waals surface area contributed by atoms with Crippen LogP contribution >= 0.6 is 0 Å². The number of carbonyl (C=O) groups excluding carboxylic acids is 1. The van der Waals surface area contributed by atoms with E-state index in [9.17, 15) is 25.4 Å². The Bertz CT molecular complexity index is 1170. The summed E-state index contributed by atoms with van der Waals surface area (Å²) in [6, 6.07) is 2.11. The lowest BCUT2D eigenvalue weighted by atomic mass is 9.41. The number of aliphatic imine (C=N–C) groups is 1. The average Bonchev–Trinajstić information content (AvgIpc) is 3.50. The van der Waals surface area contributed by atoms with Crippen LogP contribution in [0.2, 0.25) is 0 Å². The summed E-state index contributed by atoms with van der Waals surface area (Å²) in [4.78, 5) is 16.4. The summed E-state index contributed by atoms with van der Waals surface area (Å²) < 4.78 is 23.1. The molecule has 0 aromatic heterocycles. The molecule has 0 radical (unpaired) electrons. The van der Waals surface area contributed by atoms with Crippen molar-refractivity contribution in [3.63, 3.8) is 0 Å². The minimum Gasteiger partial charge on any atom is -0.458 e. The van der Waals surface area contributed by atoms with E-state index in [0.717, 1.165) is 24.8 Å². The molecule has 2 aliphatic heterocycles. The lowest BCUT2D eigenvalue weighted by Gasteiger charge is -2.66. The van der Waals surface area contributed by atoms with Gasteiger partial charge >= 0.3 is 5.97 Å². The van der Waals surface area contributed by atoms with Gasteiger partial charge in [0, 0.05) is 43.1 Å². The van der Waals surface area contributed by atoms with Crippen LogP contribution in [0.5, 0.6) is 0 Å². The second-order valence-electron chi connectivity index (χ2n) is 14.0. The van der Waals surface area contributed by atoms with Crippen LogP contribution in [-0.2, 0) is 23.7 Å². The molecule has 6 aliphatic rings. The Labute approximate surface area is 248 Å². The van der Waals surface area contributed by atoms with Crippen LogP contribution in [-0.4, -0.2) is 89.7 Å². The number of methoxy groups -OCH3 is 1. The van der Waals surface area contributed by atoms with Crippen LogP contribution in [0.4, 0.5) is 0 Å². The van der Waals surface area contributed by atoms with Gasteiger partial charge in [-0.2, -0.15) is 5.26 Å². The fourth-order valence-corrected chi connectivity index (χ4v) is 10.3. The number of fused-ring (bicyclic) bond motifs is 5. The molecule has 12 atom stereocenters. The van der Waals surface area contributed by atoms with Gasteiger partial charge in [0.15, 0.2) is 6.29 Å². The van der Waals surface area contributed by atoms with Crippen molar-refractivity contribution in [1.29, 1.82) is 5.26 Å². The number of cyclic esters (lactones) is 1. The Hall–Kier alpha value is -1.87. The van der Waals surface area contributed by atoms with E-state index in [-0.39, 0.29) is 47.9 Å². The summed E-state index contributed by atoms with van der Waals surface area (Å²) in [5.74, 6) is -0.229. The smallest absolute Gasteiger partial charge is 0.331 e. The number of carbonyl (C=O) groups is 1. The molecule has 0 spiro atoms. The molecule has 0 amide bonds. The largest absolute Gasteiger partial charge is 0.458 e. The number of rotatable bonds is 6. The molecule has 42 heavy (non-hydrogen) atoms. The first-order chi connectivity index (χ1) is 20.0. The van der Waals surface area contributed by atoms with Crippen molar-refractivity contribution in [2.75, 3.05) is 20.3 Å².